The summed E-state index contributed by atoms with van der Waals surface area (Å²) in [5.41, 5.74) is 0.314. The van der Waals surface area contributed by atoms with Crippen molar-refractivity contribution in [2.24, 2.45) is 0 Å². The van der Waals surface area contributed by atoms with E-state index in [2.05, 4.69) is 10.4 Å². The van der Waals surface area contributed by atoms with E-state index in [1.54, 1.807) is 24.7 Å². The van der Waals surface area contributed by atoms with Crippen LogP contribution in [0, 0.1) is 0 Å². The van der Waals surface area contributed by atoms with Crippen LogP contribution in [-0.4, -0.2) is 32.9 Å². The number of carbonyl (C=O) groups excluding carboxylic acids is 1. The number of hydrogen-bond acceptors (Lipinski definition) is 3. The van der Waals surface area contributed by atoms with E-state index in [4.69, 9.17) is 5.11 Å². The first kappa shape index (κ1) is 12.6. The maximum Gasteiger partial charge on any atom is 0.242 e. The van der Waals surface area contributed by atoms with Gasteiger partial charge < -0.3 is 10.4 Å². The Labute approximate surface area is 105 Å². The number of benzene rings is 1. The lowest BCUT2D eigenvalue weighted by Gasteiger charge is -2.23. The minimum Gasteiger partial charge on any atom is -0.394 e. The number of aliphatic hydroxyl groups is 1. The van der Waals surface area contributed by atoms with Crippen molar-refractivity contribution in [3.8, 4) is 0 Å². The van der Waals surface area contributed by atoms with Crippen molar-refractivity contribution >= 4 is 16.8 Å². The molecule has 2 N–H and O–H groups in total. The fourth-order valence-electron chi connectivity index (χ4n) is 1.74. The second-order valence-electron chi connectivity index (χ2n) is 4.95. The highest BCUT2D eigenvalue weighted by molar-refractivity contribution is 5.82. The molecule has 1 aromatic carbocycles. The number of fused-ring (bicyclic) bond motifs is 1. The molecule has 18 heavy (non-hydrogen) atoms. The van der Waals surface area contributed by atoms with E-state index in [1.165, 1.54) is 0 Å². The average Bonchev–Trinajstić information content (AvgIpc) is 2.72. The van der Waals surface area contributed by atoms with Crippen LogP contribution in [0.3, 0.4) is 0 Å². The molecule has 2 aromatic rings. The van der Waals surface area contributed by atoms with Crippen molar-refractivity contribution in [1.29, 1.82) is 0 Å². The quantitative estimate of drug-likeness (QED) is 0.844. The van der Waals surface area contributed by atoms with Crippen molar-refractivity contribution in [1.82, 2.24) is 15.1 Å². The van der Waals surface area contributed by atoms with Crippen LogP contribution in [0.5, 0.6) is 0 Å². The number of nitrogens with zero attached hydrogens (tertiary/aromatic N) is 2. The summed E-state index contributed by atoms with van der Waals surface area (Å²) in [4.78, 5) is 11.8. The molecule has 2 rings (SSSR count). The van der Waals surface area contributed by atoms with Crippen molar-refractivity contribution in [3.63, 3.8) is 0 Å². The summed E-state index contributed by atoms with van der Waals surface area (Å²) < 4.78 is 1.65. The lowest BCUT2D eigenvalue weighted by molar-refractivity contribution is -0.123. The normalized spacial score (nSPS) is 11.7. The summed E-state index contributed by atoms with van der Waals surface area (Å²) in [5.74, 6) is -0.164. The number of rotatable bonds is 4. The number of carbonyl (C=O) groups is 1. The SMILES string of the molecule is CC(C)(CO)NC(=O)Cn1ncc2ccccc21. The van der Waals surface area contributed by atoms with Crippen LogP contribution in [0.1, 0.15) is 13.8 Å². The minimum absolute atomic E-state index is 0.0986. The molecule has 0 radical (unpaired) electrons. The van der Waals surface area contributed by atoms with Crippen molar-refractivity contribution in [3.05, 3.63) is 30.5 Å². The zero-order chi connectivity index (χ0) is 13.2. The molecule has 1 aromatic heterocycles. The highest BCUT2D eigenvalue weighted by Gasteiger charge is 2.19. The van der Waals surface area contributed by atoms with Gasteiger partial charge in [-0.15, -0.1) is 0 Å². The summed E-state index contributed by atoms with van der Waals surface area (Å²) in [5, 5.41) is 17.1. The molecule has 0 bridgehead atoms. The van der Waals surface area contributed by atoms with E-state index in [0.717, 1.165) is 10.9 Å². The number of nitrogens with one attached hydrogen (secondary N) is 1. The molecule has 96 valence electrons. The van der Waals surface area contributed by atoms with E-state index < -0.39 is 5.54 Å². The molecule has 1 amide bonds. The van der Waals surface area contributed by atoms with Crippen LogP contribution in [0.25, 0.3) is 10.9 Å². The Bertz CT molecular complexity index is 560. The third-order valence-electron chi connectivity index (χ3n) is 2.72. The number of para-hydroxylation sites is 1. The van der Waals surface area contributed by atoms with Gasteiger partial charge in [0.05, 0.1) is 23.9 Å². The van der Waals surface area contributed by atoms with E-state index in [1.807, 2.05) is 24.3 Å². The summed E-state index contributed by atoms with van der Waals surface area (Å²) in [6.45, 7) is 3.59. The van der Waals surface area contributed by atoms with Gasteiger partial charge in [-0.2, -0.15) is 5.10 Å². The fraction of sp³-hybridized carbons (Fsp3) is 0.385. The summed E-state index contributed by atoms with van der Waals surface area (Å²) >= 11 is 0. The minimum atomic E-state index is -0.611. The second-order valence-corrected chi connectivity index (χ2v) is 4.95. The Morgan fingerprint density at radius 2 is 2.17 bits per heavy atom. The number of hydrogen-bond donors (Lipinski definition) is 2. The van der Waals surface area contributed by atoms with Gasteiger partial charge in [0.1, 0.15) is 6.54 Å². The molecule has 0 aliphatic carbocycles. The van der Waals surface area contributed by atoms with Crippen LogP contribution in [0.4, 0.5) is 0 Å². The Morgan fingerprint density at radius 1 is 1.44 bits per heavy atom. The zero-order valence-corrected chi connectivity index (χ0v) is 10.6. The van der Waals surface area contributed by atoms with Crippen molar-refractivity contribution in [2.45, 2.75) is 25.9 Å². The molecule has 0 unspecified atom stereocenters. The molecule has 5 nitrogen and oxygen atoms in total. The molecule has 0 spiro atoms. The maximum atomic E-state index is 11.8. The van der Waals surface area contributed by atoms with Gasteiger partial charge >= 0.3 is 0 Å². The monoisotopic (exact) mass is 247 g/mol. The molecule has 0 saturated heterocycles. The van der Waals surface area contributed by atoms with E-state index in [0.29, 0.717) is 0 Å². The highest BCUT2D eigenvalue weighted by Crippen LogP contribution is 2.12. The van der Waals surface area contributed by atoms with Crippen molar-refractivity contribution in [2.75, 3.05) is 6.61 Å². The standard InChI is InChI=1S/C13H17N3O2/c1-13(2,9-17)15-12(18)8-16-11-6-4-3-5-10(11)7-14-16/h3-7,17H,8-9H2,1-2H3,(H,15,18). The molecular weight excluding hydrogens is 230 g/mol. The predicted octanol–water partition coefficient (Wildman–Crippen LogP) is 0.923. The number of amides is 1. The predicted molar refractivity (Wildman–Crippen MR) is 69.0 cm³/mol. The molecule has 5 heteroatoms. The van der Waals surface area contributed by atoms with E-state index in [9.17, 15) is 4.79 Å². The summed E-state index contributed by atoms with van der Waals surface area (Å²) in [6.07, 6.45) is 1.74. The summed E-state index contributed by atoms with van der Waals surface area (Å²) in [7, 11) is 0. The number of aromatic nitrogens is 2. The Hall–Kier alpha value is -1.88. The van der Waals surface area contributed by atoms with E-state index in [-0.39, 0.29) is 19.1 Å². The first-order chi connectivity index (χ1) is 8.52. The van der Waals surface area contributed by atoms with Crippen LogP contribution >= 0.6 is 0 Å². The lowest BCUT2D eigenvalue weighted by atomic mass is 10.1. The molecule has 0 fully saturated rings. The van der Waals surface area contributed by atoms with Gasteiger partial charge in [0.15, 0.2) is 0 Å². The molecule has 0 aliphatic rings. The molecular formula is C13H17N3O2. The highest BCUT2D eigenvalue weighted by atomic mass is 16.3. The Morgan fingerprint density at radius 3 is 2.89 bits per heavy atom. The maximum absolute atomic E-state index is 11.8. The summed E-state index contributed by atoms with van der Waals surface area (Å²) in [6, 6.07) is 7.72. The third kappa shape index (κ3) is 2.68. The lowest BCUT2D eigenvalue weighted by Crippen LogP contribution is -2.47. The van der Waals surface area contributed by atoms with E-state index >= 15 is 0 Å². The fourth-order valence-corrected chi connectivity index (χ4v) is 1.74. The van der Waals surface area contributed by atoms with Gasteiger partial charge in [0, 0.05) is 5.39 Å². The van der Waals surface area contributed by atoms with Gasteiger partial charge in [0.25, 0.3) is 0 Å². The largest absolute Gasteiger partial charge is 0.394 e. The van der Waals surface area contributed by atoms with Gasteiger partial charge in [-0.25, -0.2) is 0 Å². The van der Waals surface area contributed by atoms with Gasteiger partial charge in [0.2, 0.25) is 5.91 Å². The molecule has 0 aliphatic heterocycles. The molecule has 0 atom stereocenters. The first-order valence-electron chi connectivity index (χ1n) is 5.84. The topological polar surface area (TPSA) is 67.2 Å². The zero-order valence-electron chi connectivity index (χ0n) is 10.6. The molecule has 1 heterocycles. The smallest absolute Gasteiger partial charge is 0.242 e. The number of aliphatic hydroxyl groups excluding tert-OH is 1. The van der Waals surface area contributed by atoms with Crippen LogP contribution in [0.15, 0.2) is 30.5 Å². The van der Waals surface area contributed by atoms with Crippen molar-refractivity contribution < 1.29 is 9.90 Å². The van der Waals surface area contributed by atoms with Crippen LogP contribution in [-0.2, 0) is 11.3 Å². The second kappa shape index (κ2) is 4.78. The Kier molecular flexibility index (Phi) is 3.34. The van der Waals surface area contributed by atoms with Crippen LogP contribution < -0.4 is 5.32 Å². The van der Waals surface area contributed by atoms with Gasteiger partial charge in [-0.1, -0.05) is 18.2 Å². The molecule has 0 saturated carbocycles. The average molecular weight is 247 g/mol. The van der Waals surface area contributed by atoms with Gasteiger partial charge in [-0.3, -0.25) is 9.48 Å². The van der Waals surface area contributed by atoms with Crippen LogP contribution in [0.2, 0.25) is 0 Å². The van der Waals surface area contributed by atoms with Gasteiger partial charge in [-0.05, 0) is 19.9 Å². The third-order valence-corrected chi connectivity index (χ3v) is 2.72. The first-order valence-corrected chi connectivity index (χ1v) is 5.84. The Balaban J connectivity index is 2.12.